The van der Waals surface area contributed by atoms with E-state index in [0.29, 0.717) is 23.5 Å². The van der Waals surface area contributed by atoms with Crippen LogP contribution in [0.2, 0.25) is 0 Å². The molecule has 28 heavy (non-hydrogen) atoms. The first kappa shape index (κ1) is 19.6. The van der Waals surface area contributed by atoms with E-state index in [2.05, 4.69) is 5.32 Å². The second-order valence-electron chi connectivity index (χ2n) is 6.97. The van der Waals surface area contributed by atoms with E-state index < -0.39 is 24.0 Å². The Kier molecular flexibility index (Phi) is 5.46. The lowest BCUT2D eigenvalue weighted by Crippen LogP contribution is -2.59. The number of benzene rings is 2. The Morgan fingerprint density at radius 1 is 1.11 bits per heavy atom. The molecule has 0 fully saturated rings. The number of nitrogens with one attached hydrogen (secondary N) is 1. The van der Waals surface area contributed by atoms with E-state index >= 15 is 0 Å². The molecule has 7 heteroatoms. The van der Waals surface area contributed by atoms with Gasteiger partial charge in [0, 0.05) is 7.11 Å². The van der Waals surface area contributed by atoms with Crippen molar-refractivity contribution < 1.29 is 23.9 Å². The lowest BCUT2D eigenvalue weighted by atomic mass is 9.96. The van der Waals surface area contributed by atoms with Crippen LogP contribution < -0.4 is 10.2 Å². The summed E-state index contributed by atoms with van der Waals surface area (Å²) in [6, 6.07) is 13.8. The topological polar surface area (TPSA) is 84.9 Å². The maximum absolute atomic E-state index is 12.9. The molecule has 0 aromatic heterocycles. The quantitative estimate of drug-likeness (QED) is 0.804. The van der Waals surface area contributed by atoms with Crippen LogP contribution in [0.4, 0.5) is 11.4 Å². The number of hydrogen-bond donors (Lipinski definition) is 1. The minimum atomic E-state index is -1.11. The monoisotopic (exact) mass is 382 g/mol. The largest absolute Gasteiger partial charge is 0.452 e. The average Bonchev–Trinajstić information content (AvgIpc) is 2.67. The summed E-state index contributed by atoms with van der Waals surface area (Å²) in [5.41, 5.74) is 1.15. The van der Waals surface area contributed by atoms with E-state index in [1.807, 2.05) is 6.07 Å². The molecule has 2 amide bonds. The third-order valence-electron chi connectivity index (χ3n) is 4.56. The summed E-state index contributed by atoms with van der Waals surface area (Å²) in [6.07, 6.45) is 0. The second-order valence-corrected chi connectivity index (χ2v) is 6.97. The Morgan fingerprint density at radius 3 is 2.61 bits per heavy atom. The fourth-order valence-electron chi connectivity index (χ4n) is 3.13. The standard InChI is InChI=1S/C21H22N2O5/c1-21(2)20(26)22-16-9-4-5-10-17(16)23(21)18(24)13-28-19(25)15-8-6-7-14(11-15)12-27-3/h4-11H,12-13H2,1-3H3,(H,22,26). The van der Waals surface area contributed by atoms with Crippen LogP contribution in [-0.2, 0) is 25.7 Å². The summed E-state index contributed by atoms with van der Waals surface area (Å²) in [7, 11) is 1.57. The molecule has 0 atom stereocenters. The highest BCUT2D eigenvalue weighted by atomic mass is 16.5. The number of nitrogens with zero attached hydrogens (tertiary/aromatic N) is 1. The lowest BCUT2D eigenvalue weighted by Gasteiger charge is -2.41. The molecule has 1 heterocycles. The van der Waals surface area contributed by atoms with Gasteiger partial charge in [-0.1, -0.05) is 24.3 Å². The number of amides is 2. The Balaban J connectivity index is 1.76. The second kappa shape index (κ2) is 7.82. The molecule has 7 nitrogen and oxygen atoms in total. The van der Waals surface area contributed by atoms with Gasteiger partial charge in [0.05, 0.1) is 23.5 Å². The number of ether oxygens (including phenoxy) is 2. The van der Waals surface area contributed by atoms with Crippen LogP contribution in [0.15, 0.2) is 48.5 Å². The maximum atomic E-state index is 12.9. The molecule has 1 N–H and O–H groups in total. The smallest absolute Gasteiger partial charge is 0.338 e. The summed E-state index contributed by atoms with van der Waals surface area (Å²) in [6.45, 7) is 3.19. The van der Waals surface area contributed by atoms with Crippen molar-refractivity contribution >= 4 is 29.2 Å². The molecule has 0 radical (unpaired) electrons. The molecule has 0 saturated heterocycles. The van der Waals surface area contributed by atoms with Crippen molar-refractivity contribution in [1.29, 1.82) is 0 Å². The van der Waals surface area contributed by atoms with Crippen LogP contribution in [0.1, 0.15) is 29.8 Å². The van der Waals surface area contributed by atoms with Gasteiger partial charge in [-0.15, -0.1) is 0 Å². The molecule has 146 valence electrons. The van der Waals surface area contributed by atoms with Gasteiger partial charge in [-0.3, -0.25) is 14.5 Å². The predicted molar refractivity (Wildman–Crippen MR) is 104 cm³/mol. The van der Waals surface area contributed by atoms with Crippen LogP contribution >= 0.6 is 0 Å². The normalized spacial score (nSPS) is 14.8. The van der Waals surface area contributed by atoms with Crippen molar-refractivity contribution in [3.8, 4) is 0 Å². The Bertz CT molecular complexity index is 923. The number of anilines is 2. The van der Waals surface area contributed by atoms with Crippen molar-refractivity contribution in [2.45, 2.75) is 26.0 Å². The number of carbonyl (C=O) groups excluding carboxylic acids is 3. The molecule has 0 saturated carbocycles. The van der Waals surface area contributed by atoms with Gasteiger partial charge in [-0.05, 0) is 43.7 Å². The Labute approximate surface area is 163 Å². The SMILES string of the molecule is COCc1cccc(C(=O)OCC(=O)N2c3ccccc3NC(=O)C2(C)C)c1. The predicted octanol–water partition coefficient (Wildman–Crippen LogP) is 2.75. The van der Waals surface area contributed by atoms with Crippen LogP contribution in [0, 0.1) is 0 Å². The summed E-state index contributed by atoms with van der Waals surface area (Å²) in [5, 5.41) is 2.79. The summed E-state index contributed by atoms with van der Waals surface area (Å²) < 4.78 is 10.3. The fraction of sp³-hybridized carbons (Fsp3) is 0.286. The van der Waals surface area contributed by atoms with Crippen molar-refractivity contribution in [1.82, 2.24) is 0 Å². The van der Waals surface area contributed by atoms with Crippen molar-refractivity contribution in [2.24, 2.45) is 0 Å². The minimum absolute atomic E-state index is 0.307. The lowest BCUT2D eigenvalue weighted by molar-refractivity contribution is -0.128. The van der Waals surface area contributed by atoms with E-state index in [0.717, 1.165) is 5.56 Å². The van der Waals surface area contributed by atoms with Crippen LogP contribution in [0.25, 0.3) is 0 Å². The van der Waals surface area contributed by atoms with Crippen molar-refractivity contribution in [3.05, 3.63) is 59.7 Å². The number of esters is 1. The first-order chi connectivity index (χ1) is 13.3. The minimum Gasteiger partial charge on any atom is -0.452 e. The van der Waals surface area contributed by atoms with Gasteiger partial charge in [0.15, 0.2) is 6.61 Å². The number of para-hydroxylation sites is 2. The van der Waals surface area contributed by atoms with Gasteiger partial charge in [0.25, 0.3) is 5.91 Å². The van der Waals surface area contributed by atoms with Gasteiger partial charge in [-0.2, -0.15) is 0 Å². The van der Waals surface area contributed by atoms with E-state index in [4.69, 9.17) is 9.47 Å². The molecule has 0 bridgehead atoms. The molecular formula is C21H22N2O5. The summed E-state index contributed by atoms with van der Waals surface area (Å²) >= 11 is 0. The number of rotatable bonds is 5. The first-order valence-electron chi connectivity index (χ1n) is 8.83. The average molecular weight is 382 g/mol. The van der Waals surface area contributed by atoms with Crippen molar-refractivity contribution in [2.75, 3.05) is 23.9 Å². The van der Waals surface area contributed by atoms with Gasteiger partial charge >= 0.3 is 5.97 Å². The van der Waals surface area contributed by atoms with Gasteiger partial charge < -0.3 is 14.8 Å². The van der Waals surface area contributed by atoms with Gasteiger partial charge in [0.2, 0.25) is 5.91 Å². The first-order valence-corrected chi connectivity index (χ1v) is 8.83. The number of hydrogen-bond acceptors (Lipinski definition) is 5. The number of methoxy groups -OCH3 is 1. The fourth-order valence-corrected chi connectivity index (χ4v) is 3.13. The number of carbonyl (C=O) groups is 3. The molecule has 0 aliphatic carbocycles. The van der Waals surface area contributed by atoms with Crippen LogP contribution in [-0.4, -0.2) is 37.0 Å². The molecule has 1 aliphatic heterocycles. The third kappa shape index (κ3) is 3.75. The molecular weight excluding hydrogens is 360 g/mol. The molecule has 1 aliphatic rings. The number of fused-ring (bicyclic) bond motifs is 1. The van der Waals surface area contributed by atoms with E-state index in [-0.39, 0.29) is 5.91 Å². The van der Waals surface area contributed by atoms with Crippen molar-refractivity contribution in [3.63, 3.8) is 0 Å². The van der Waals surface area contributed by atoms with E-state index in [1.54, 1.807) is 63.4 Å². The summed E-state index contributed by atoms with van der Waals surface area (Å²) in [5.74, 6) is -1.40. The molecule has 2 aromatic carbocycles. The van der Waals surface area contributed by atoms with Crippen LogP contribution in [0.5, 0.6) is 0 Å². The maximum Gasteiger partial charge on any atom is 0.338 e. The zero-order valence-electron chi connectivity index (χ0n) is 16.0. The highest BCUT2D eigenvalue weighted by Crippen LogP contribution is 2.36. The third-order valence-corrected chi connectivity index (χ3v) is 4.56. The highest BCUT2D eigenvalue weighted by molar-refractivity contribution is 6.14. The van der Waals surface area contributed by atoms with Gasteiger partial charge in [-0.25, -0.2) is 4.79 Å². The highest BCUT2D eigenvalue weighted by Gasteiger charge is 2.43. The Hall–Kier alpha value is -3.19. The zero-order chi connectivity index (χ0) is 20.3. The van der Waals surface area contributed by atoms with Crippen LogP contribution in [0.3, 0.4) is 0 Å². The van der Waals surface area contributed by atoms with Gasteiger partial charge in [0.1, 0.15) is 5.54 Å². The van der Waals surface area contributed by atoms with E-state index in [9.17, 15) is 14.4 Å². The molecule has 0 unspecified atom stereocenters. The van der Waals surface area contributed by atoms with E-state index in [1.165, 1.54) is 4.90 Å². The molecule has 0 spiro atoms. The zero-order valence-corrected chi connectivity index (χ0v) is 16.0. The Morgan fingerprint density at radius 2 is 1.86 bits per heavy atom. The molecule has 2 aromatic rings. The summed E-state index contributed by atoms with van der Waals surface area (Å²) in [4.78, 5) is 39.0. The molecule has 3 rings (SSSR count).